The summed E-state index contributed by atoms with van der Waals surface area (Å²) in [5, 5.41) is 4.83. The molecule has 2 aliphatic rings. The molecule has 6 rings (SSSR count). The van der Waals surface area contributed by atoms with Gasteiger partial charge in [0, 0.05) is 35.6 Å². The van der Waals surface area contributed by atoms with E-state index >= 15 is 0 Å². The van der Waals surface area contributed by atoms with Crippen LogP contribution in [0.25, 0.3) is 21.9 Å². The van der Waals surface area contributed by atoms with Gasteiger partial charge in [0.1, 0.15) is 23.1 Å². The van der Waals surface area contributed by atoms with E-state index in [0.29, 0.717) is 30.1 Å². The van der Waals surface area contributed by atoms with Crippen LogP contribution in [0, 0.1) is 5.41 Å². The maximum atomic E-state index is 13.8. The van der Waals surface area contributed by atoms with Crippen LogP contribution >= 0.6 is 0 Å². The van der Waals surface area contributed by atoms with E-state index in [-0.39, 0.29) is 29.8 Å². The quantitative estimate of drug-likeness (QED) is 0.401. The summed E-state index contributed by atoms with van der Waals surface area (Å²) in [5.74, 6) is -0.485. The molecule has 0 aliphatic carbocycles. The summed E-state index contributed by atoms with van der Waals surface area (Å²) >= 11 is 0. The fraction of sp³-hybridized carbons (Fsp3) is 0.357. The number of aromatic amines is 2. The molecular formula is C28H30N6O3. The number of para-hydroxylation sites is 1. The Hall–Kier alpha value is -4.14. The van der Waals surface area contributed by atoms with Gasteiger partial charge in [0.15, 0.2) is 0 Å². The van der Waals surface area contributed by atoms with Crippen molar-refractivity contribution in [2.45, 2.75) is 45.3 Å². The maximum Gasteiger partial charge on any atom is 0.270 e. The molecule has 3 atom stereocenters. The van der Waals surface area contributed by atoms with Crippen LogP contribution in [0.1, 0.15) is 48.2 Å². The number of carbonyl (C=O) groups is 3. The molecule has 3 N–H and O–H groups in total. The standard InChI is InChI=1S/C28H30N6O3/c1-28(2,3)23(32-25(35)21-11-16-7-4-5-9-20(16)30-21)27(37)34-15-18-13-19(34)14-33(18)26(36)22-12-17-8-6-10-29-24(17)31-22/h4-12,18-19,23,30H,13-15H2,1-3H3,(H,29,31)(H,32,35)/t18-,19-,23+/m0/s1. The Morgan fingerprint density at radius 1 is 0.946 bits per heavy atom. The highest BCUT2D eigenvalue weighted by Crippen LogP contribution is 2.34. The molecule has 2 fully saturated rings. The highest BCUT2D eigenvalue weighted by molar-refractivity contribution is 6.01. The van der Waals surface area contributed by atoms with Crippen LogP contribution in [0.2, 0.25) is 0 Å². The number of pyridine rings is 1. The summed E-state index contributed by atoms with van der Waals surface area (Å²) in [7, 11) is 0. The number of nitrogens with zero attached hydrogens (tertiary/aromatic N) is 3. The largest absolute Gasteiger partial charge is 0.351 e. The van der Waals surface area contributed by atoms with Crippen molar-refractivity contribution in [3.05, 3.63) is 66.1 Å². The SMILES string of the molecule is CC(C)(C)[C@H](NC(=O)c1cc2ccccc2[nH]1)C(=O)N1C[C@@H]2C[C@H]1CN2C(=O)c1cc2cccnc2[nH]1. The summed E-state index contributed by atoms with van der Waals surface area (Å²) < 4.78 is 0. The molecule has 3 amide bonds. The van der Waals surface area contributed by atoms with E-state index in [4.69, 9.17) is 0 Å². The van der Waals surface area contributed by atoms with E-state index in [2.05, 4.69) is 20.3 Å². The number of benzene rings is 1. The van der Waals surface area contributed by atoms with Crippen molar-refractivity contribution in [1.82, 2.24) is 30.1 Å². The first kappa shape index (κ1) is 23.3. The fourth-order valence-electron chi connectivity index (χ4n) is 5.63. The van der Waals surface area contributed by atoms with Gasteiger partial charge in [-0.2, -0.15) is 0 Å². The van der Waals surface area contributed by atoms with Gasteiger partial charge in [-0.25, -0.2) is 4.98 Å². The number of rotatable bonds is 4. The lowest BCUT2D eigenvalue weighted by Gasteiger charge is -2.39. The summed E-state index contributed by atoms with van der Waals surface area (Å²) in [6, 6.07) is 14.3. The monoisotopic (exact) mass is 498 g/mol. The molecule has 2 aliphatic heterocycles. The summed E-state index contributed by atoms with van der Waals surface area (Å²) in [6.07, 6.45) is 2.43. The van der Waals surface area contributed by atoms with Crippen molar-refractivity contribution < 1.29 is 14.4 Å². The Bertz CT molecular complexity index is 1460. The van der Waals surface area contributed by atoms with Crippen LogP contribution in [-0.4, -0.2) is 73.7 Å². The van der Waals surface area contributed by atoms with Crippen molar-refractivity contribution in [3.8, 4) is 0 Å². The van der Waals surface area contributed by atoms with E-state index in [1.807, 2.05) is 73.0 Å². The number of piperazine rings is 1. The number of amides is 3. The number of nitrogens with one attached hydrogen (secondary N) is 3. The van der Waals surface area contributed by atoms with Gasteiger partial charge in [0.05, 0.1) is 12.1 Å². The second-order valence-corrected chi connectivity index (χ2v) is 11.2. The molecule has 1 aromatic carbocycles. The van der Waals surface area contributed by atoms with Crippen LogP contribution in [0.4, 0.5) is 0 Å². The lowest BCUT2D eigenvalue weighted by atomic mass is 9.85. The Kier molecular flexibility index (Phi) is 5.33. The molecule has 4 aromatic rings. The van der Waals surface area contributed by atoms with E-state index in [9.17, 15) is 14.4 Å². The van der Waals surface area contributed by atoms with Crippen LogP contribution in [-0.2, 0) is 4.79 Å². The number of carbonyl (C=O) groups excluding carboxylic acids is 3. The second-order valence-electron chi connectivity index (χ2n) is 11.2. The molecule has 5 heterocycles. The van der Waals surface area contributed by atoms with Crippen LogP contribution in [0.15, 0.2) is 54.7 Å². The fourth-order valence-corrected chi connectivity index (χ4v) is 5.63. The highest BCUT2D eigenvalue weighted by atomic mass is 16.2. The number of aromatic nitrogens is 3. The lowest BCUT2D eigenvalue weighted by Crippen LogP contribution is -2.59. The van der Waals surface area contributed by atoms with Gasteiger partial charge in [0.2, 0.25) is 5.91 Å². The van der Waals surface area contributed by atoms with Gasteiger partial charge >= 0.3 is 0 Å². The second kappa shape index (κ2) is 8.47. The topological polar surface area (TPSA) is 114 Å². The number of hydrogen-bond donors (Lipinski definition) is 3. The van der Waals surface area contributed by atoms with Gasteiger partial charge in [-0.3, -0.25) is 14.4 Å². The average Bonchev–Trinajstić information content (AvgIpc) is 3.66. The molecule has 9 nitrogen and oxygen atoms in total. The third kappa shape index (κ3) is 4.04. The molecule has 37 heavy (non-hydrogen) atoms. The maximum absolute atomic E-state index is 13.8. The molecular weight excluding hydrogens is 468 g/mol. The first-order valence-electron chi connectivity index (χ1n) is 12.6. The van der Waals surface area contributed by atoms with Gasteiger partial charge in [-0.05, 0) is 42.2 Å². The Morgan fingerprint density at radius 3 is 2.35 bits per heavy atom. The molecule has 2 bridgehead atoms. The number of hydrogen-bond acceptors (Lipinski definition) is 4. The van der Waals surface area contributed by atoms with Crippen molar-refractivity contribution in [2.24, 2.45) is 5.41 Å². The predicted molar refractivity (Wildman–Crippen MR) is 140 cm³/mol. The Balaban J connectivity index is 1.17. The molecule has 0 radical (unpaired) electrons. The highest BCUT2D eigenvalue weighted by Gasteiger charge is 2.50. The minimum Gasteiger partial charge on any atom is -0.351 e. The van der Waals surface area contributed by atoms with Crippen molar-refractivity contribution in [2.75, 3.05) is 13.1 Å². The smallest absolute Gasteiger partial charge is 0.270 e. The average molecular weight is 499 g/mol. The molecule has 3 aromatic heterocycles. The molecule has 190 valence electrons. The zero-order chi connectivity index (χ0) is 25.9. The van der Waals surface area contributed by atoms with Gasteiger partial charge in [-0.15, -0.1) is 0 Å². The summed E-state index contributed by atoms with van der Waals surface area (Å²) in [6.45, 7) is 6.80. The molecule has 2 saturated heterocycles. The minimum atomic E-state index is -0.699. The van der Waals surface area contributed by atoms with E-state index < -0.39 is 11.5 Å². The van der Waals surface area contributed by atoms with E-state index in [1.165, 1.54) is 0 Å². The van der Waals surface area contributed by atoms with Crippen LogP contribution in [0.3, 0.4) is 0 Å². The molecule has 0 spiro atoms. The zero-order valence-corrected chi connectivity index (χ0v) is 21.1. The van der Waals surface area contributed by atoms with Crippen LogP contribution < -0.4 is 5.32 Å². The molecule has 0 unspecified atom stereocenters. The van der Waals surface area contributed by atoms with Gasteiger partial charge in [0.25, 0.3) is 11.8 Å². The number of likely N-dealkylation sites (tertiary alicyclic amines) is 2. The van der Waals surface area contributed by atoms with Gasteiger partial charge in [-0.1, -0.05) is 39.0 Å². The Labute approximate surface area is 214 Å². The van der Waals surface area contributed by atoms with Crippen molar-refractivity contribution in [3.63, 3.8) is 0 Å². The van der Waals surface area contributed by atoms with Crippen LogP contribution in [0.5, 0.6) is 0 Å². The third-order valence-corrected chi connectivity index (χ3v) is 7.57. The normalized spacial score (nSPS) is 20.1. The van der Waals surface area contributed by atoms with Gasteiger partial charge < -0.3 is 25.1 Å². The Morgan fingerprint density at radius 2 is 1.65 bits per heavy atom. The minimum absolute atomic E-state index is 0.0501. The summed E-state index contributed by atoms with van der Waals surface area (Å²) in [4.78, 5) is 54.4. The molecule has 0 saturated carbocycles. The number of H-pyrrole nitrogens is 2. The summed E-state index contributed by atoms with van der Waals surface area (Å²) in [5.41, 5.74) is 2.01. The lowest BCUT2D eigenvalue weighted by molar-refractivity contribution is -0.138. The zero-order valence-electron chi connectivity index (χ0n) is 21.1. The predicted octanol–water partition coefficient (Wildman–Crippen LogP) is 3.31. The van der Waals surface area contributed by atoms with E-state index in [1.54, 1.807) is 12.3 Å². The molecule has 9 heteroatoms. The van der Waals surface area contributed by atoms with Crippen molar-refractivity contribution >= 4 is 39.7 Å². The van der Waals surface area contributed by atoms with E-state index in [0.717, 1.165) is 22.7 Å². The third-order valence-electron chi connectivity index (χ3n) is 7.57. The first-order valence-corrected chi connectivity index (χ1v) is 12.6. The number of fused-ring (bicyclic) bond motifs is 4. The van der Waals surface area contributed by atoms with Crippen molar-refractivity contribution in [1.29, 1.82) is 0 Å². The first-order chi connectivity index (χ1) is 17.7.